The van der Waals surface area contributed by atoms with Crippen molar-refractivity contribution in [3.05, 3.63) is 27.5 Å². The summed E-state index contributed by atoms with van der Waals surface area (Å²) in [5.74, 6) is 0. The van der Waals surface area contributed by atoms with Crippen molar-refractivity contribution in [1.82, 2.24) is 15.1 Å². The Morgan fingerprint density at radius 1 is 1.47 bits per heavy atom. The van der Waals surface area contributed by atoms with Gasteiger partial charge >= 0.3 is 0 Å². The lowest BCUT2D eigenvalue weighted by Gasteiger charge is -2.07. The van der Waals surface area contributed by atoms with E-state index < -0.39 is 0 Å². The minimum absolute atomic E-state index is 0.562. The maximum atomic E-state index is 4.53. The van der Waals surface area contributed by atoms with E-state index in [2.05, 4.69) is 60.1 Å². The molecule has 0 spiro atoms. The molecular formula is C15H26BrN3. The molecule has 0 aliphatic rings. The van der Waals surface area contributed by atoms with Gasteiger partial charge in [0, 0.05) is 19.5 Å². The largest absolute Gasteiger partial charge is 0.314 e. The Morgan fingerprint density at radius 3 is 2.68 bits per heavy atom. The summed E-state index contributed by atoms with van der Waals surface area (Å²) >= 11 is 3.67. The zero-order valence-electron chi connectivity index (χ0n) is 12.8. The van der Waals surface area contributed by atoms with Crippen molar-refractivity contribution in [3.63, 3.8) is 0 Å². The molecule has 0 bridgehead atoms. The van der Waals surface area contributed by atoms with E-state index in [9.17, 15) is 0 Å². The molecule has 0 atom stereocenters. The van der Waals surface area contributed by atoms with Crippen LogP contribution in [0.25, 0.3) is 0 Å². The Labute approximate surface area is 125 Å². The molecule has 0 aromatic carbocycles. The first-order chi connectivity index (χ1) is 8.95. The lowest BCUT2D eigenvalue weighted by Crippen LogP contribution is -2.23. The van der Waals surface area contributed by atoms with E-state index in [1.807, 2.05) is 11.7 Å². The molecule has 4 heteroatoms. The Hall–Kier alpha value is -0.610. The van der Waals surface area contributed by atoms with Crippen molar-refractivity contribution in [3.8, 4) is 0 Å². The Kier molecular flexibility index (Phi) is 6.80. The normalized spacial score (nSPS) is 12.5. The maximum absolute atomic E-state index is 4.53. The van der Waals surface area contributed by atoms with E-state index in [1.165, 1.54) is 15.7 Å². The highest BCUT2D eigenvalue weighted by atomic mass is 79.9. The minimum atomic E-state index is 0.562. The zero-order chi connectivity index (χ0) is 14.4. The second kappa shape index (κ2) is 7.85. The van der Waals surface area contributed by atoms with Crippen LogP contribution in [0, 0.1) is 0 Å². The van der Waals surface area contributed by atoms with Gasteiger partial charge < -0.3 is 5.32 Å². The van der Waals surface area contributed by atoms with Gasteiger partial charge in [0.15, 0.2) is 0 Å². The smallest absolute Gasteiger partial charge is 0.0766 e. The highest BCUT2D eigenvalue weighted by molar-refractivity contribution is 9.10. The molecular weight excluding hydrogens is 302 g/mol. The topological polar surface area (TPSA) is 29.9 Å². The number of allylic oxidation sites excluding steroid dienone is 1. The van der Waals surface area contributed by atoms with Gasteiger partial charge in [-0.15, -0.1) is 0 Å². The number of nitrogens with one attached hydrogen (secondary N) is 1. The quantitative estimate of drug-likeness (QED) is 0.612. The van der Waals surface area contributed by atoms with Crippen molar-refractivity contribution < 1.29 is 0 Å². The van der Waals surface area contributed by atoms with E-state index in [0.29, 0.717) is 6.04 Å². The number of halogens is 1. The molecule has 3 nitrogen and oxygen atoms in total. The lowest BCUT2D eigenvalue weighted by molar-refractivity contribution is 0.594. The van der Waals surface area contributed by atoms with Gasteiger partial charge in [-0.2, -0.15) is 5.10 Å². The van der Waals surface area contributed by atoms with Gasteiger partial charge in [0.25, 0.3) is 0 Å². The third kappa shape index (κ3) is 5.11. The summed E-state index contributed by atoms with van der Waals surface area (Å²) in [7, 11) is 2.02. The van der Waals surface area contributed by atoms with Crippen LogP contribution < -0.4 is 5.32 Å². The van der Waals surface area contributed by atoms with Crippen molar-refractivity contribution in [2.24, 2.45) is 7.05 Å². The molecule has 0 unspecified atom stereocenters. The van der Waals surface area contributed by atoms with Gasteiger partial charge in [-0.25, -0.2) is 0 Å². The molecule has 1 aromatic rings. The second-order valence-corrected chi connectivity index (χ2v) is 6.10. The number of hydrogen-bond acceptors (Lipinski definition) is 2. The summed E-state index contributed by atoms with van der Waals surface area (Å²) in [4.78, 5) is 0. The van der Waals surface area contributed by atoms with Crippen LogP contribution in [0.1, 0.15) is 45.5 Å². The van der Waals surface area contributed by atoms with Crippen molar-refractivity contribution >= 4 is 15.9 Å². The molecule has 0 saturated heterocycles. The molecule has 0 saturated carbocycles. The first-order valence-corrected chi connectivity index (χ1v) is 7.84. The van der Waals surface area contributed by atoms with Gasteiger partial charge in [0.05, 0.1) is 15.9 Å². The molecule has 1 N–H and O–H groups in total. The maximum Gasteiger partial charge on any atom is 0.0766 e. The van der Waals surface area contributed by atoms with E-state index in [1.54, 1.807) is 0 Å². The van der Waals surface area contributed by atoms with Crippen LogP contribution >= 0.6 is 15.9 Å². The molecule has 0 aliphatic carbocycles. The van der Waals surface area contributed by atoms with E-state index in [-0.39, 0.29) is 0 Å². The average molecular weight is 328 g/mol. The average Bonchev–Trinajstić information content (AvgIpc) is 2.62. The summed E-state index contributed by atoms with van der Waals surface area (Å²) < 4.78 is 3.16. The van der Waals surface area contributed by atoms with Crippen LogP contribution in [0.4, 0.5) is 0 Å². The molecule has 0 amide bonds. The summed E-state index contributed by atoms with van der Waals surface area (Å²) in [6.07, 6.45) is 5.34. The Bertz CT molecular complexity index is 433. The number of hydrogen-bond donors (Lipinski definition) is 1. The fourth-order valence-corrected chi connectivity index (χ4v) is 2.80. The highest BCUT2D eigenvalue weighted by Crippen LogP contribution is 2.23. The minimum Gasteiger partial charge on any atom is -0.314 e. The lowest BCUT2D eigenvalue weighted by atomic mass is 10.1. The third-order valence-corrected chi connectivity index (χ3v) is 4.05. The third-order valence-electron chi connectivity index (χ3n) is 3.14. The van der Waals surface area contributed by atoms with Crippen LogP contribution in [-0.2, 0) is 19.9 Å². The molecule has 1 aromatic heterocycles. The SMILES string of the molecule is CCc1nn(C)c(CC(C)=CCCNC(C)C)c1Br. The van der Waals surface area contributed by atoms with Crippen LogP contribution in [0.3, 0.4) is 0 Å². The highest BCUT2D eigenvalue weighted by Gasteiger charge is 2.12. The number of nitrogens with zero attached hydrogens (tertiary/aromatic N) is 2. The number of aryl methyl sites for hydroxylation is 2. The number of rotatable bonds is 7. The van der Waals surface area contributed by atoms with E-state index in [4.69, 9.17) is 0 Å². The monoisotopic (exact) mass is 327 g/mol. The molecule has 108 valence electrons. The van der Waals surface area contributed by atoms with Gasteiger partial charge in [0.2, 0.25) is 0 Å². The second-order valence-electron chi connectivity index (χ2n) is 5.31. The molecule has 0 aliphatic heterocycles. The summed E-state index contributed by atoms with van der Waals surface area (Å²) in [6.45, 7) is 9.73. The summed E-state index contributed by atoms with van der Waals surface area (Å²) in [5, 5.41) is 7.96. The van der Waals surface area contributed by atoms with Gasteiger partial charge in [-0.3, -0.25) is 4.68 Å². The molecule has 1 rings (SSSR count). The first kappa shape index (κ1) is 16.4. The molecule has 0 fully saturated rings. The van der Waals surface area contributed by atoms with Crippen molar-refractivity contribution in [2.45, 2.75) is 53.0 Å². The van der Waals surface area contributed by atoms with Crippen molar-refractivity contribution in [1.29, 1.82) is 0 Å². The van der Waals surface area contributed by atoms with E-state index >= 15 is 0 Å². The fourth-order valence-electron chi connectivity index (χ4n) is 2.04. The standard InChI is InChI=1S/C15H26BrN3/c1-6-13-15(16)14(19(5)18-13)10-12(4)8-7-9-17-11(2)3/h8,11,17H,6-7,9-10H2,1-5H3. The van der Waals surface area contributed by atoms with Crippen LogP contribution in [0.5, 0.6) is 0 Å². The van der Waals surface area contributed by atoms with Gasteiger partial charge in [0.1, 0.15) is 0 Å². The van der Waals surface area contributed by atoms with Crippen LogP contribution in [-0.4, -0.2) is 22.4 Å². The number of aromatic nitrogens is 2. The van der Waals surface area contributed by atoms with Crippen LogP contribution in [0.2, 0.25) is 0 Å². The van der Waals surface area contributed by atoms with Gasteiger partial charge in [-0.05, 0) is 42.2 Å². The predicted molar refractivity (Wildman–Crippen MR) is 85.5 cm³/mol. The van der Waals surface area contributed by atoms with E-state index in [0.717, 1.165) is 31.5 Å². The summed E-state index contributed by atoms with van der Waals surface area (Å²) in [5.41, 5.74) is 3.81. The Balaban J connectivity index is 2.59. The first-order valence-electron chi connectivity index (χ1n) is 7.05. The van der Waals surface area contributed by atoms with Crippen LogP contribution in [0.15, 0.2) is 16.1 Å². The Morgan fingerprint density at radius 2 is 2.16 bits per heavy atom. The fraction of sp³-hybridized carbons (Fsp3) is 0.667. The molecule has 1 heterocycles. The van der Waals surface area contributed by atoms with Crippen molar-refractivity contribution in [2.75, 3.05) is 6.54 Å². The zero-order valence-corrected chi connectivity index (χ0v) is 14.3. The van der Waals surface area contributed by atoms with Gasteiger partial charge in [-0.1, -0.05) is 32.4 Å². The molecule has 0 radical (unpaired) electrons. The molecule has 19 heavy (non-hydrogen) atoms. The predicted octanol–water partition coefficient (Wildman–Crippen LogP) is 3.62. The summed E-state index contributed by atoms with van der Waals surface area (Å²) in [6, 6.07) is 0.562.